The van der Waals surface area contributed by atoms with Crippen molar-refractivity contribution < 1.29 is 24.0 Å². The number of carboxylic acids is 1. The van der Waals surface area contributed by atoms with Gasteiger partial charge in [-0.15, -0.1) is 0 Å². The number of nitro benzene ring substituents is 2. The first-order valence-electron chi connectivity index (χ1n) is 6.30. The Hall–Kier alpha value is -3.34. The fourth-order valence-electron chi connectivity index (χ4n) is 2.28. The van der Waals surface area contributed by atoms with Crippen LogP contribution in [-0.4, -0.2) is 20.0 Å². The van der Waals surface area contributed by atoms with Crippen LogP contribution >= 0.6 is 0 Å². The van der Waals surface area contributed by atoms with Crippen LogP contribution in [0.3, 0.4) is 0 Å². The molecule has 0 saturated heterocycles. The third-order valence-corrected chi connectivity index (χ3v) is 4.81. The van der Waals surface area contributed by atoms with Crippen LogP contribution in [0.1, 0.15) is 10.4 Å². The van der Waals surface area contributed by atoms with Crippen molar-refractivity contribution in [3.63, 3.8) is 0 Å². The fourth-order valence-corrected chi connectivity index (χ4v) is 3.63. The van der Waals surface area contributed by atoms with Crippen LogP contribution in [0.2, 0.25) is 0 Å². The zero-order valence-electron chi connectivity index (χ0n) is 11.5. The first kappa shape index (κ1) is 15.6. The SMILES string of the molecule is O=C([O-])c1cc([N+](=O)[O-])cc2c1Nc1ccc([N+](=O)[O-])cc1S2=O. The molecule has 3 rings (SSSR count). The third kappa shape index (κ3) is 2.36. The van der Waals surface area contributed by atoms with Gasteiger partial charge in [-0.25, -0.2) is 4.21 Å². The molecule has 1 aliphatic rings. The normalized spacial score (nSPS) is 14.9. The van der Waals surface area contributed by atoms with Crippen LogP contribution in [-0.2, 0) is 10.8 Å². The number of aromatic carboxylic acids is 1. The Balaban J connectivity index is 2.25. The largest absolute Gasteiger partial charge is 0.545 e. The van der Waals surface area contributed by atoms with E-state index in [0.717, 1.165) is 24.3 Å². The average Bonchev–Trinajstić information content (AvgIpc) is 2.53. The van der Waals surface area contributed by atoms with Gasteiger partial charge >= 0.3 is 0 Å². The number of anilines is 2. The maximum absolute atomic E-state index is 12.6. The number of carbonyl (C=O) groups is 1. The summed E-state index contributed by atoms with van der Waals surface area (Å²) in [6.07, 6.45) is 0. The smallest absolute Gasteiger partial charge is 0.271 e. The van der Waals surface area contributed by atoms with Gasteiger partial charge in [-0.05, 0) is 6.07 Å². The lowest BCUT2D eigenvalue weighted by atomic mass is 10.1. The van der Waals surface area contributed by atoms with Crippen LogP contribution in [0.15, 0.2) is 40.1 Å². The summed E-state index contributed by atoms with van der Waals surface area (Å²) in [5, 5.41) is 35.7. The van der Waals surface area contributed by atoms with Gasteiger partial charge in [0.15, 0.2) is 0 Å². The molecule has 10 nitrogen and oxygen atoms in total. The zero-order valence-corrected chi connectivity index (χ0v) is 12.4. The highest BCUT2D eigenvalue weighted by Gasteiger charge is 2.29. The van der Waals surface area contributed by atoms with Crippen molar-refractivity contribution in [3.8, 4) is 0 Å². The summed E-state index contributed by atoms with van der Waals surface area (Å²) in [6.45, 7) is 0. The summed E-state index contributed by atoms with van der Waals surface area (Å²) in [6, 6.07) is 5.28. The minimum absolute atomic E-state index is 0.0292. The number of hydrogen-bond acceptors (Lipinski definition) is 8. The van der Waals surface area contributed by atoms with Crippen LogP contribution in [0.5, 0.6) is 0 Å². The first-order chi connectivity index (χ1) is 11.3. The van der Waals surface area contributed by atoms with E-state index < -0.39 is 37.9 Å². The average molecular weight is 348 g/mol. The molecule has 0 amide bonds. The lowest BCUT2D eigenvalue weighted by molar-refractivity contribution is -0.385. The second-order valence-electron chi connectivity index (χ2n) is 4.74. The minimum Gasteiger partial charge on any atom is -0.545 e. The molecule has 1 unspecified atom stereocenters. The molecule has 0 radical (unpaired) electrons. The van der Waals surface area contributed by atoms with E-state index in [1.54, 1.807) is 0 Å². The van der Waals surface area contributed by atoms with Crippen molar-refractivity contribution >= 4 is 39.5 Å². The molecule has 2 aromatic rings. The molecule has 0 saturated carbocycles. The number of benzene rings is 2. The Morgan fingerprint density at radius 1 is 1.00 bits per heavy atom. The van der Waals surface area contributed by atoms with Gasteiger partial charge in [0.2, 0.25) is 0 Å². The third-order valence-electron chi connectivity index (χ3n) is 3.35. The van der Waals surface area contributed by atoms with Crippen molar-refractivity contribution in [3.05, 3.63) is 56.1 Å². The molecule has 0 aliphatic carbocycles. The summed E-state index contributed by atoms with van der Waals surface area (Å²) in [5.41, 5.74) is -1.28. The Bertz CT molecular complexity index is 957. The summed E-state index contributed by atoms with van der Waals surface area (Å²) >= 11 is 0. The van der Waals surface area contributed by atoms with Gasteiger partial charge < -0.3 is 15.2 Å². The van der Waals surface area contributed by atoms with E-state index >= 15 is 0 Å². The van der Waals surface area contributed by atoms with E-state index in [1.165, 1.54) is 6.07 Å². The highest BCUT2D eigenvalue weighted by molar-refractivity contribution is 7.85. The molecule has 1 heterocycles. The highest BCUT2D eigenvalue weighted by atomic mass is 32.2. The van der Waals surface area contributed by atoms with Crippen molar-refractivity contribution in [1.29, 1.82) is 0 Å². The Labute approximate surface area is 135 Å². The van der Waals surface area contributed by atoms with Gasteiger partial charge in [-0.2, -0.15) is 0 Å². The monoisotopic (exact) mass is 348 g/mol. The molecule has 0 fully saturated rings. The zero-order chi connectivity index (χ0) is 17.6. The molecule has 0 aromatic heterocycles. The number of carbonyl (C=O) groups excluding carboxylic acids is 1. The van der Waals surface area contributed by atoms with Crippen molar-refractivity contribution in [2.24, 2.45) is 0 Å². The lowest BCUT2D eigenvalue weighted by Crippen LogP contribution is -2.25. The van der Waals surface area contributed by atoms with E-state index in [1.807, 2.05) is 0 Å². The first-order valence-corrected chi connectivity index (χ1v) is 7.45. The maximum atomic E-state index is 12.6. The predicted molar refractivity (Wildman–Crippen MR) is 78.5 cm³/mol. The van der Waals surface area contributed by atoms with E-state index in [0.29, 0.717) is 0 Å². The van der Waals surface area contributed by atoms with Gasteiger partial charge in [-0.3, -0.25) is 20.2 Å². The standard InChI is InChI=1S/C13H7N3O7S/c17-13(18)8-3-7(16(21)22)5-11-12(8)14-9-2-1-6(15(19)20)4-10(9)24(11)23/h1-5,14H,(H,17,18)/p-1. The molecule has 24 heavy (non-hydrogen) atoms. The number of rotatable bonds is 3. The molecular formula is C13H6N3O7S-. The van der Waals surface area contributed by atoms with Gasteiger partial charge in [-0.1, -0.05) is 0 Å². The maximum Gasteiger partial charge on any atom is 0.271 e. The van der Waals surface area contributed by atoms with Crippen molar-refractivity contribution in [1.82, 2.24) is 0 Å². The molecule has 1 atom stereocenters. The minimum atomic E-state index is -2.03. The summed E-state index contributed by atoms with van der Waals surface area (Å²) in [7, 11) is -2.03. The van der Waals surface area contributed by atoms with E-state index in [4.69, 9.17) is 0 Å². The topological polar surface area (TPSA) is 156 Å². The van der Waals surface area contributed by atoms with Crippen LogP contribution in [0, 0.1) is 20.2 Å². The molecule has 0 bridgehead atoms. The molecule has 1 aliphatic heterocycles. The summed E-state index contributed by atoms with van der Waals surface area (Å²) in [4.78, 5) is 31.4. The van der Waals surface area contributed by atoms with E-state index in [9.17, 15) is 34.3 Å². The number of nitrogens with one attached hydrogen (secondary N) is 1. The lowest BCUT2D eigenvalue weighted by Gasteiger charge is -2.23. The summed E-state index contributed by atoms with van der Waals surface area (Å²) in [5.74, 6) is -1.68. The van der Waals surface area contributed by atoms with Crippen LogP contribution in [0.4, 0.5) is 22.7 Å². The van der Waals surface area contributed by atoms with Crippen LogP contribution < -0.4 is 10.4 Å². The quantitative estimate of drug-likeness (QED) is 0.544. The van der Waals surface area contributed by atoms with Gasteiger partial charge in [0.1, 0.15) is 0 Å². The predicted octanol–water partition coefficient (Wildman–Crippen LogP) is 1.09. The second kappa shape index (κ2) is 5.38. The molecule has 2 aromatic carbocycles. The Kier molecular flexibility index (Phi) is 3.49. The number of nitrogens with zero attached hydrogens (tertiary/aromatic N) is 2. The van der Waals surface area contributed by atoms with Crippen molar-refractivity contribution in [2.45, 2.75) is 9.79 Å². The van der Waals surface area contributed by atoms with E-state index in [-0.39, 0.29) is 26.9 Å². The summed E-state index contributed by atoms with van der Waals surface area (Å²) < 4.78 is 12.6. The molecule has 1 N–H and O–H groups in total. The number of hydrogen-bond donors (Lipinski definition) is 1. The molecule has 122 valence electrons. The van der Waals surface area contributed by atoms with Gasteiger partial charge in [0.25, 0.3) is 11.4 Å². The molecule has 11 heteroatoms. The fraction of sp³-hybridized carbons (Fsp3) is 0. The Morgan fingerprint density at radius 3 is 2.21 bits per heavy atom. The van der Waals surface area contributed by atoms with Crippen LogP contribution in [0.25, 0.3) is 0 Å². The molecule has 0 spiro atoms. The van der Waals surface area contributed by atoms with Gasteiger partial charge in [0, 0.05) is 29.8 Å². The van der Waals surface area contributed by atoms with Gasteiger partial charge in [0.05, 0.1) is 47.8 Å². The second-order valence-corrected chi connectivity index (χ2v) is 6.16. The van der Waals surface area contributed by atoms with Crippen molar-refractivity contribution in [2.75, 3.05) is 5.32 Å². The van der Waals surface area contributed by atoms with E-state index in [2.05, 4.69) is 5.32 Å². The Morgan fingerprint density at radius 2 is 1.62 bits per heavy atom. The number of nitro groups is 2. The highest BCUT2D eigenvalue weighted by Crippen LogP contribution is 2.41. The number of non-ortho nitro benzene ring substituents is 2. The number of carboxylic acid groups (broad SMARTS) is 1. The number of fused-ring (bicyclic) bond motifs is 2. The molecular weight excluding hydrogens is 342 g/mol.